The van der Waals surface area contributed by atoms with E-state index in [-0.39, 0.29) is 0 Å². The standard InChI is InChI=1S/C11H9N/c1-3-9-8-12(2)11-7-5-4-6-10(9)11/h1,4-8H,2H3. The van der Waals surface area contributed by atoms with Crippen molar-refractivity contribution in [1.29, 1.82) is 0 Å². The number of hydrogen-bond acceptors (Lipinski definition) is 0. The molecule has 2 aromatic rings. The average Bonchev–Trinajstić information content (AvgIpc) is 2.44. The molecule has 0 aliphatic heterocycles. The Morgan fingerprint density at radius 3 is 2.83 bits per heavy atom. The second kappa shape index (κ2) is 2.42. The zero-order chi connectivity index (χ0) is 8.55. The van der Waals surface area contributed by atoms with E-state index in [1.165, 1.54) is 5.52 Å². The van der Waals surface area contributed by atoms with Crippen LogP contribution in [0.25, 0.3) is 10.9 Å². The van der Waals surface area contributed by atoms with Crippen molar-refractivity contribution in [3.63, 3.8) is 0 Å². The van der Waals surface area contributed by atoms with Gasteiger partial charge in [0, 0.05) is 29.7 Å². The minimum atomic E-state index is 0.966. The lowest BCUT2D eigenvalue weighted by Gasteiger charge is -1.92. The van der Waals surface area contributed by atoms with E-state index in [4.69, 9.17) is 6.42 Å². The van der Waals surface area contributed by atoms with E-state index in [2.05, 4.69) is 12.0 Å². The average molecular weight is 155 g/mol. The summed E-state index contributed by atoms with van der Waals surface area (Å²) in [4.78, 5) is 0. The van der Waals surface area contributed by atoms with Crippen LogP contribution in [0.5, 0.6) is 0 Å². The van der Waals surface area contributed by atoms with Crippen LogP contribution in [0.1, 0.15) is 5.56 Å². The van der Waals surface area contributed by atoms with Gasteiger partial charge in [-0.2, -0.15) is 0 Å². The number of benzene rings is 1. The second-order valence-corrected chi connectivity index (χ2v) is 2.82. The van der Waals surface area contributed by atoms with Crippen LogP contribution in [0.4, 0.5) is 0 Å². The van der Waals surface area contributed by atoms with E-state index < -0.39 is 0 Å². The molecule has 1 heterocycles. The summed E-state index contributed by atoms with van der Waals surface area (Å²) in [5, 5.41) is 1.16. The van der Waals surface area contributed by atoms with E-state index >= 15 is 0 Å². The first-order valence-electron chi connectivity index (χ1n) is 3.83. The predicted octanol–water partition coefficient (Wildman–Crippen LogP) is 2.16. The number of fused-ring (bicyclic) bond motifs is 1. The van der Waals surface area contributed by atoms with Crippen LogP contribution in [-0.2, 0) is 7.05 Å². The number of hydrogen-bond donors (Lipinski definition) is 0. The minimum Gasteiger partial charge on any atom is -0.349 e. The highest BCUT2D eigenvalue weighted by molar-refractivity contribution is 5.86. The van der Waals surface area contributed by atoms with Crippen LogP contribution in [0, 0.1) is 12.3 Å². The molecule has 0 saturated heterocycles. The fourth-order valence-electron chi connectivity index (χ4n) is 1.46. The molecule has 1 aromatic carbocycles. The topological polar surface area (TPSA) is 4.93 Å². The molecule has 0 amide bonds. The van der Waals surface area contributed by atoms with E-state index in [1.54, 1.807) is 0 Å². The zero-order valence-electron chi connectivity index (χ0n) is 6.91. The second-order valence-electron chi connectivity index (χ2n) is 2.82. The first-order valence-corrected chi connectivity index (χ1v) is 3.83. The van der Waals surface area contributed by atoms with E-state index in [9.17, 15) is 0 Å². The summed E-state index contributed by atoms with van der Waals surface area (Å²) in [6.07, 6.45) is 7.34. The van der Waals surface area contributed by atoms with Gasteiger partial charge in [-0.3, -0.25) is 0 Å². The predicted molar refractivity (Wildman–Crippen MR) is 50.9 cm³/mol. The monoisotopic (exact) mass is 155 g/mol. The Labute approximate surface area is 71.6 Å². The molecular formula is C11H9N. The largest absolute Gasteiger partial charge is 0.349 e. The number of aromatic nitrogens is 1. The van der Waals surface area contributed by atoms with Gasteiger partial charge in [-0.15, -0.1) is 6.42 Å². The Morgan fingerprint density at radius 1 is 1.33 bits per heavy atom. The molecule has 0 aliphatic carbocycles. The van der Waals surface area contributed by atoms with Gasteiger partial charge in [0.05, 0.1) is 0 Å². The van der Waals surface area contributed by atoms with Crippen molar-refractivity contribution < 1.29 is 0 Å². The highest BCUT2D eigenvalue weighted by Gasteiger charge is 2.01. The maximum Gasteiger partial charge on any atom is 0.0498 e. The number of nitrogens with zero attached hydrogens (tertiary/aromatic N) is 1. The maximum atomic E-state index is 5.37. The van der Waals surface area contributed by atoms with Gasteiger partial charge in [-0.05, 0) is 6.07 Å². The molecule has 0 bridgehead atoms. The van der Waals surface area contributed by atoms with Crippen molar-refractivity contribution in [2.24, 2.45) is 7.05 Å². The summed E-state index contributed by atoms with van der Waals surface area (Å²) >= 11 is 0. The van der Waals surface area contributed by atoms with E-state index in [0.29, 0.717) is 0 Å². The van der Waals surface area contributed by atoms with E-state index in [0.717, 1.165) is 10.9 Å². The summed E-state index contributed by atoms with van der Waals surface area (Å²) in [5.41, 5.74) is 2.15. The fourth-order valence-corrected chi connectivity index (χ4v) is 1.46. The van der Waals surface area contributed by atoms with Crippen LogP contribution >= 0.6 is 0 Å². The molecule has 0 fully saturated rings. The molecule has 58 valence electrons. The summed E-state index contributed by atoms with van der Waals surface area (Å²) in [6.45, 7) is 0. The summed E-state index contributed by atoms with van der Waals surface area (Å²) in [6, 6.07) is 8.13. The molecule has 12 heavy (non-hydrogen) atoms. The molecular weight excluding hydrogens is 146 g/mol. The van der Waals surface area contributed by atoms with Gasteiger partial charge in [0.25, 0.3) is 0 Å². The third-order valence-electron chi connectivity index (χ3n) is 2.05. The normalized spacial score (nSPS) is 10.0. The van der Waals surface area contributed by atoms with Gasteiger partial charge in [-0.25, -0.2) is 0 Å². The van der Waals surface area contributed by atoms with Crippen molar-refractivity contribution in [2.75, 3.05) is 0 Å². The molecule has 0 N–H and O–H groups in total. The zero-order valence-corrected chi connectivity index (χ0v) is 6.91. The van der Waals surface area contributed by atoms with Gasteiger partial charge in [0.2, 0.25) is 0 Å². The molecule has 0 saturated carbocycles. The SMILES string of the molecule is C#Cc1cn(C)c2ccccc12. The Bertz CT molecular complexity index is 457. The van der Waals surface area contributed by atoms with Crippen LogP contribution in [-0.4, -0.2) is 4.57 Å². The van der Waals surface area contributed by atoms with Crippen LogP contribution < -0.4 is 0 Å². The lowest BCUT2D eigenvalue weighted by Crippen LogP contribution is -1.81. The Morgan fingerprint density at radius 2 is 2.08 bits per heavy atom. The third-order valence-corrected chi connectivity index (χ3v) is 2.05. The van der Waals surface area contributed by atoms with E-state index in [1.807, 2.05) is 36.0 Å². The van der Waals surface area contributed by atoms with Crippen LogP contribution in [0.2, 0.25) is 0 Å². The summed E-state index contributed by atoms with van der Waals surface area (Å²) in [7, 11) is 2.00. The molecule has 1 aromatic heterocycles. The number of aryl methyl sites for hydroxylation is 1. The molecule has 2 rings (SSSR count). The maximum absolute atomic E-state index is 5.37. The van der Waals surface area contributed by atoms with Crippen molar-refractivity contribution >= 4 is 10.9 Å². The van der Waals surface area contributed by atoms with Gasteiger partial charge in [-0.1, -0.05) is 24.1 Å². The number of rotatable bonds is 0. The highest BCUT2D eigenvalue weighted by atomic mass is 14.9. The van der Waals surface area contributed by atoms with Crippen molar-refractivity contribution in [2.45, 2.75) is 0 Å². The van der Waals surface area contributed by atoms with Crippen LogP contribution in [0.15, 0.2) is 30.5 Å². The Hall–Kier alpha value is -1.68. The van der Waals surface area contributed by atoms with Crippen molar-refractivity contribution in [3.05, 3.63) is 36.0 Å². The molecule has 0 atom stereocenters. The number of para-hydroxylation sites is 1. The van der Waals surface area contributed by atoms with Crippen molar-refractivity contribution in [3.8, 4) is 12.3 Å². The molecule has 0 radical (unpaired) electrons. The third kappa shape index (κ3) is 0.820. The van der Waals surface area contributed by atoms with Crippen LogP contribution in [0.3, 0.4) is 0 Å². The van der Waals surface area contributed by atoms with Gasteiger partial charge in [0.15, 0.2) is 0 Å². The minimum absolute atomic E-state index is 0.966. The number of terminal acetylenes is 1. The molecule has 1 heteroatoms. The van der Waals surface area contributed by atoms with Gasteiger partial charge >= 0.3 is 0 Å². The fraction of sp³-hybridized carbons (Fsp3) is 0.0909. The molecule has 0 aliphatic rings. The molecule has 0 unspecified atom stereocenters. The van der Waals surface area contributed by atoms with Crippen molar-refractivity contribution in [1.82, 2.24) is 4.57 Å². The lowest BCUT2D eigenvalue weighted by atomic mass is 10.2. The Kier molecular flexibility index (Phi) is 1.41. The summed E-state index contributed by atoms with van der Waals surface area (Å²) < 4.78 is 2.05. The lowest BCUT2D eigenvalue weighted by molar-refractivity contribution is 0.968. The molecule has 1 nitrogen and oxygen atoms in total. The Balaban J connectivity index is 2.94. The molecule has 0 spiro atoms. The smallest absolute Gasteiger partial charge is 0.0498 e. The van der Waals surface area contributed by atoms with Gasteiger partial charge < -0.3 is 4.57 Å². The quantitative estimate of drug-likeness (QED) is 0.514. The first kappa shape index (κ1) is 7.00. The summed E-state index contributed by atoms with van der Waals surface area (Å²) in [5.74, 6) is 2.67. The highest BCUT2D eigenvalue weighted by Crippen LogP contribution is 2.18. The first-order chi connectivity index (χ1) is 5.83. The van der Waals surface area contributed by atoms with Gasteiger partial charge in [0.1, 0.15) is 0 Å².